The average Bonchev–Trinajstić information content (AvgIpc) is 3.30. The number of hydrogen-bond donors (Lipinski definition) is 0. The maximum Gasteiger partial charge on any atom is 0.176 e. The molecule has 3 aromatic heterocycles. The Kier molecular flexibility index (Phi) is 3.47. The monoisotopic (exact) mass is 322 g/mol. The molecule has 7 heteroatoms. The molecule has 0 N–H and O–H groups in total. The van der Waals surface area contributed by atoms with Crippen LogP contribution >= 0.6 is 11.3 Å². The lowest BCUT2D eigenvalue weighted by Crippen LogP contribution is -2.09. The molecule has 0 saturated carbocycles. The van der Waals surface area contributed by atoms with Crippen LogP contribution in [0.5, 0.6) is 0 Å². The van der Waals surface area contributed by atoms with Gasteiger partial charge in [0.2, 0.25) is 0 Å². The third kappa shape index (κ3) is 2.55. The summed E-state index contributed by atoms with van der Waals surface area (Å²) in [7, 11) is 0. The fourth-order valence-corrected chi connectivity index (χ4v) is 3.41. The zero-order valence-electron chi connectivity index (χ0n) is 12.5. The lowest BCUT2D eigenvalue weighted by Gasteiger charge is -2.08. The molecule has 0 atom stereocenters. The minimum Gasteiger partial charge on any atom is -0.323 e. The number of aryl methyl sites for hydroxylation is 1. The van der Waals surface area contributed by atoms with Gasteiger partial charge in [0.05, 0.1) is 17.1 Å². The molecule has 0 aliphatic carbocycles. The maximum atomic E-state index is 4.50. The smallest absolute Gasteiger partial charge is 0.176 e. The van der Waals surface area contributed by atoms with Gasteiger partial charge >= 0.3 is 0 Å². The fraction of sp³-hybridized carbons (Fsp3) is 0.125. The van der Waals surface area contributed by atoms with Crippen molar-refractivity contribution in [1.82, 2.24) is 29.8 Å². The van der Waals surface area contributed by atoms with Gasteiger partial charge in [0.25, 0.3) is 0 Å². The molecule has 23 heavy (non-hydrogen) atoms. The summed E-state index contributed by atoms with van der Waals surface area (Å²) < 4.78 is 3.83. The summed E-state index contributed by atoms with van der Waals surface area (Å²) >= 11 is 1.69. The van der Waals surface area contributed by atoms with Gasteiger partial charge in [-0.05, 0) is 46.5 Å². The summed E-state index contributed by atoms with van der Waals surface area (Å²) in [5, 5.41) is 14.2. The molecule has 0 unspecified atom stereocenters. The Bertz CT molecular complexity index is 921. The van der Waals surface area contributed by atoms with Crippen molar-refractivity contribution in [3.63, 3.8) is 0 Å². The van der Waals surface area contributed by atoms with E-state index in [9.17, 15) is 0 Å². The molecule has 3 heterocycles. The van der Waals surface area contributed by atoms with E-state index in [2.05, 4.69) is 43.4 Å². The van der Waals surface area contributed by atoms with Crippen molar-refractivity contribution in [2.45, 2.75) is 13.5 Å². The normalized spacial score (nSPS) is 11.0. The Morgan fingerprint density at radius 2 is 2.00 bits per heavy atom. The van der Waals surface area contributed by atoms with Crippen LogP contribution < -0.4 is 0 Å². The predicted molar refractivity (Wildman–Crippen MR) is 88.5 cm³/mol. The Hall–Kier alpha value is -2.80. The zero-order valence-corrected chi connectivity index (χ0v) is 13.3. The number of hydrogen-bond acceptors (Lipinski definition) is 5. The van der Waals surface area contributed by atoms with Gasteiger partial charge < -0.3 is 4.57 Å². The molecule has 1 aromatic carbocycles. The highest BCUT2D eigenvalue weighted by Gasteiger charge is 2.14. The molecule has 0 saturated heterocycles. The van der Waals surface area contributed by atoms with E-state index in [0.29, 0.717) is 6.54 Å². The van der Waals surface area contributed by atoms with Crippen molar-refractivity contribution < 1.29 is 0 Å². The third-order valence-corrected chi connectivity index (χ3v) is 4.64. The number of para-hydroxylation sites is 1. The van der Waals surface area contributed by atoms with Gasteiger partial charge in [-0.3, -0.25) is 0 Å². The van der Waals surface area contributed by atoms with E-state index in [1.807, 2.05) is 42.7 Å². The molecule has 0 bridgehead atoms. The fourth-order valence-electron chi connectivity index (χ4n) is 2.47. The van der Waals surface area contributed by atoms with E-state index < -0.39 is 0 Å². The molecule has 6 nitrogen and oxygen atoms in total. The molecule has 0 aliphatic heterocycles. The van der Waals surface area contributed by atoms with Gasteiger partial charge in [0.1, 0.15) is 0 Å². The van der Waals surface area contributed by atoms with Crippen LogP contribution in [0.3, 0.4) is 0 Å². The Labute approximate surface area is 137 Å². The minimum atomic E-state index is 0.564. The second-order valence-corrected chi connectivity index (χ2v) is 6.07. The first-order valence-corrected chi connectivity index (χ1v) is 8.09. The topological polar surface area (TPSA) is 61.4 Å². The highest BCUT2D eigenvalue weighted by Crippen LogP contribution is 2.27. The van der Waals surface area contributed by atoms with Crippen molar-refractivity contribution >= 4 is 11.3 Å². The molecule has 0 radical (unpaired) electrons. The van der Waals surface area contributed by atoms with E-state index >= 15 is 0 Å². The molecule has 0 spiro atoms. The van der Waals surface area contributed by atoms with Crippen LogP contribution in [0.1, 0.15) is 11.4 Å². The number of benzene rings is 1. The molecule has 4 aromatic rings. The van der Waals surface area contributed by atoms with Gasteiger partial charge in [-0.25, -0.2) is 4.98 Å². The Morgan fingerprint density at radius 1 is 1.13 bits per heavy atom. The zero-order chi connectivity index (χ0) is 15.6. The summed E-state index contributed by atoms with van der Waals surface area (Å²) in [5.74, 6) is 1.71. The van der Waals surface area contributed by atoms with Gasteiger partial charge in [0, 0.05) is 12.4 Å². The van der Waals surface area contributed by atoms with E-state index in [1.54, 1.807) is 16.0 Å². The summed E-state index contributed by atoms with van der Waals surface area (Å²) in [6.45, 7) is 2.66. The number of thiophene rings is 1. The number of imidazole rings is 1. The van der Waals surface area contributed by atoms with Crippen molar-refractivity contribution in [3.8, 4) is 16.4 Å². The average molecular weight is 322 g/mol. The molecular formula is C16H14N6S. The molecule has 0 aliphatic rings. The summed E-state index contributed by atoms with van der Waals surface area (Å²) in [6.07, 6.45) is 3.77. The quantitative estimate of drug-likeness (QED) is 0.579. The van der Waals surface area contributed by atoms with Crippen molar-refractivity contribution in [2.75, 3.05) is 0 Å². The standard InChI is InChI=1S/C16H14N6S/c1-12-7-10-23-15(12)16-17-8-9-21(16)11-14-18-19-20-22(14)13-5-3-2-4-6-13/h2-10H,11H2,1H3. The number of rotatable bonds is 4. The van der Waals surface area contributed by atoms with Crippen molar-refractivity contribution in [2.24, 2.45) is 0 Å². The van der Waals surface area contributed by atoms with Crippen LogP contribution in [-0.2, 0) is 6.54 Å². The van der Waals surface area contributed by atoms with E-state index in [-0.39, 0.29) is 0 Å². The van der Waals surface area contributed by atoms with Crippen LogP contribution in [0.15, 0.2) is 54.2 Å². The van der Waals surface area contributed by atoms with Gasteiger partial charge in [-0.1, -0.05) is 18.2 Å². The van der Waals surface area contributed by atoms with E-state index in [1.165, 1.54) is 10.4 Å². The number of nitrogens with zero attached hydrogens (tertiary/aromatic N) is 6. The third-order valence-electron chi connectivity index (χ3n) is 3.63. The summed E-state index contributed by atoms with van der Waals surface area (Å²) in [6, 6.07) is 12.0. The van der Waals surface area contributed by atoms with Gasteiger partial charge in [0.15, 0.2) is 11.6 Å². The summed E-state index contributed by atoms with van der Waals surface area (Å²) in [4.78, 5) is 5.67. The number of aromatic nitrogens is 6. The van der Waals surface area contributed by atoms with Crippen LogP contribution in [0.4, 0.5) is 0 Å². The lowest BCUT2D eigenvalue weighted by atomic mass is 10.3. The SMILES string of the molecule is Cc1ccsc1-c1nccn1Cc1nnnn1-c1ccccc1. The Morgan fingerprint density at radius 3 is 2.78 bits per heavy atom. The van der Waals surface area contributed by atoms with Crippen LogP contribution in [-0.4, -0.2) is 29.8 Å². The molecular weight excluding hydrogens is 308 g/mol. The molecule has 0 fully saturated rings. The van der Waals surface area contributed by atoms with E-state index in [4.69, 9.17) is 0 Å². The number of tetrazole rings is 1. The second kappa shape index (κ2) is 5.77. The van der Waals surface area contributed by atoms with Crippen LogP contribution in [0, 0.1) is 6.92 Å². The van der Waals surface area contributed by atoms with Crippen LogP contribution in [0.25, 0.3) is 16.4 Å². The first-order valence-electron chi connectivity index (χ1n) is 7.21. The van der Waals surface area contributed by atoms with Gasteiger partial charge in [-0.15, -0.1) is 16.4 Å². The predicted octanol–water partition coefficient (Wildman–Crippen LogP) is 2.94. The van der Waals surface area contributed by atoms with E-state index in [0.717, 1.165) is 17.3 Å². The van der Waals surface area contributed by atoms with Crippen molar-refractivity contribution in [3.05, 3.63) is 65.6 Å². The largest absolute Gasteiger partial charge is 0.323 e. The molecule has 114 valence electrons. The van der Waals surface area contributed by atoms with Gasteiger partial charge in [-0.2, -0.15) is 4.68 Å². The minimum absolute atomic E-state index is 0.564. The first kappa shape index (κ1) is 13.8. The maximum absolute atomic E-state index is 4.50. The second-order valence-electron chi connectivity index (χ2n) is 5.15. The molecule has 4 rings (SSSR count). The summed E-state index contributed by atoms with van der Waals surface area (Å²) in [5.41, 5.74) is 2.17. The first-order chi connectivity index (χ1) is 11.3. The lowest BCUT2D eigenvalue weighted by molar-refractivity contribution is 0.705. The highest BCUT2D eigenvalue weighted by atomic mass is 32.1. The van der Waals surface area contributed by atoms with Crippen LogP contribution in [0.2, 0.25) is 0 Å². The Balaban J connectivity index is 1.70. The van der Waals surface area contributed by atoms with Crippen molar-refractivity contribution in [1.29, 1.82) is 0 Å². The highest BCUT2D eigenvalue weighted by molar-refractivity contribution is 7.13. The molecule has 0 amide bonds.